The molecular formula is C16H20Cl3N2O3+. The normalized spacial score (nSPS) is 20.5. The van der Waals surface area contributed by atoms with Crippen LogP contribution in [-0.2, 0) is 14.3 Å². The molecular weight excluding hydrogens is 375 g/mol. The van der Waals surface area contributed by atoms with Crippen molar-refractivity contribution in [2.24, 2.45) is 5.92 Å². The first-order valence-electron chi connectivity index (χ1n) is 7.85. The molecule has 0 aliphatic carbocycles. The lowest BCUT2D eigenvalue weighted by Crippen LogP contribution is -3.14. The number of rotatable bonds is 5. The molecule has 1 fully saturated rings. The van der Waals surface area contributed by atoms with Gasteiger partial charge in [0.1, 0.15) is 0 Å². The number of halogens is 3. The van der Waals surface area contributed by atoms with Gasteiger partial charge in [0.2, 0.25) is 0 Å². The van der Waals surface area contributed by atoms with Crippen molar-refractivity contribution in [2.45, 2.75) is 19.8 Å². The van der Waals surface area contributed by atoms with Gasteiger partial charge in [-0.2, -0.15) is 0 Å². The quantitative estimate of drug-likeness (QED) is 0.596. The van der Waals surface area contributed by atoms with E-state index in [0.717, 1.165) is 30.8 Å². The van der Waals surface area contributed by atoms with Crippen LogP contribution >= 0.6 is 34.8 Å². The topological polar surface area (TPSA) is 59.8 Å². The Morgan fingerprint density at radius 2 is 1.79 bits per heavy atom. The standard InChI is InChI=1S/C16H19Cl3N2O3/c1-2-24-16(23)10-3-5-21(6-4-10)9-15(22)20-14-8-12(18)11(17)7-13(14)19/h7-8,10H,2-6,9H2,1H3,(H,20,22)/p+1. The maximum absolute atomic E-state index is 12.2. The fourth-order valence-corrected chi connectivity index (χ4v) is 3.33. The minimum Gasteiger partial charge on any atom is -0.466 e. The Hall–Kier alpha value is -1.01. The lowest BCUT2D eigenvalue weighted by atomic mass is 9.97. The molecule has 132 valence electrons. The van der Waals surface area contributed by atoms with Crippen LogP contribution < -0.4 is 10.2 Å². The highest BCUT2D eigenvalue weighted by atomic mass is 35.5. The van der Waals surface area contributed by atoms with Crippen LogP contribution in [0.25, 0.3) is 0 Å². The number of ether oxygens (including phenoxy) is 1. The molecule has 1 aliphatic rings. The van der Waals surface area contributed by atoms with E-state index in [1.165, 1.54) is 12.1 Å². The number of nitrogens with one attached hydrogen (secondary N) is 2. The zero-order chi connectivity index (χ0) is 17.7. The first kappa shape index (κ1) is 19.3. The smallest absolute Gasteiger partial charge is 0.309 e. The van der Waals surface area contributed by atoms with Crippen LogP contribution in [0.2, 0.25) is 15.1 Å². The maximum Gasteiger partial charge on any atom is 0.309 e. The van der Waals surface area contributed by atoms with Crippen molar-refractivity contribution >= 4 is 52.4 Å². The number of hydrogen-bond donors (Lipinski definition) is 2. The first-order valence-corrected chi connectivity index (χ1v) is 8.98. The number of carbonyl (C=O) groups is 2. The molecule has 0 atom stereocenters. The lowest BCUT2D eigenvalue weighted by Gasteiger charge is -2.27. The van der Waals surface area contributed by atoms with E-state index in [0.29, 0.717) is 33.9 Å². The largest absolute Gasteiger partial charge is 0.466 e. The van der Waals surface area contributed by atoms with Crippen LogP contribution in [0, 0.1) is 5.92 Å². The molecule has 0 unspecified atom stereocenters. The molecule has 5 nitrogen and oxygen atoms in total. The molecule has 0 spiro atoms. The Morgan fingerprint density at radius 1 is 1.17 bits per heavy atom. The van der Waals surface area contributed by atoms with Gasteiger partial charge in [0.25, 0.3) is 5.91 Å². The summed E-state index contributed by atoms with van der Waals surface area (Å²) in [6, 6.07) is 3.03. The van der Waals surface area contributed by atoms with Crippen LogP contribution in [0.1, 0.15) is 19.8 Å². The predicted molar refractivity (Wildman–Crippen MR) is 95.0 cm³/mol. The minimum absolute atomic E-state index is 0.0544. The number of amides is 1. The number of quaternary nitrogens is 1. The molecule has 2 N–H and O–H groups in total. The average molecular weight is 395 g/mol. The Bertz CT molecular complexity index is 617. The summed E-state index contributed by atoms with van der Waals surface area (Å²) >= 11 is 17.9. The van der Waals surface area contributed by atoms with Crippen molar-refractivity contribution in [1.29, 1.82) is 0 Å². The summed E-state index contributed by atoms with van der Waals surface area (Å²) in [4.78, 5) is 25.0. The summed E-state index contributed by atoms with van der Waals surface area (Å²) in [5, 5.41) is 3.77. The van der Waals surface area contributed by atoms with Crippen molar-refractivity contribution in [3.63, 3.8) is 0 Å². The SMILES string of the molecule is CCOC(=O)C1CC[NH+](CC(=O)Nc2cc(Cl)c(Cl)cc2Cl)CC1. The third kappa shape index (κ3) is 5.24. The summed E-state index contributed by atoms with van der Waals surface area (Å²) in [7, 11) is 0. The van der Waals surface area contributed by atoms with Gasteiger partial charge in [-0.1, -0.05) is 34.8 Å². The van der Waals surface area contributed by atoms with Crippen molar-refractivity contribution in [2.75, 3.05) is 31.6 Å². The number of anilines is 1. The van der Waals surface area contributed by atoms with Crippen molar-refractivity contribution < 1.29 is 19.2 Å². The highest BCUT2D eigenvalue weighted by Crippen LogP contribution is 2.32. The Balaban J connectivity index is 1.84. The molecule has 1 saturated heterocycles. The third-order valence-electron chi connectivity index (χ3n) is 4.01. The van der Waals surface area contributed by atoms with E-state index >= 15 is 0 Å². The van der Waals surface area contributed by atoms with Gasteiger partial charge in [-0.05, 0) is 19.1 Å². The second-order valence-electron chi connectivity index (χ2n) is 5.75. The van der Waals surface area contributed by atoms with E-state index in [4.69, 9.17) is 39.5 Å². The monoisotopic (exact) mass is 393 g/mol. The number of carbonyl (C=O) groups excluding carboxylic acids is 2. The minimum atomic E-state index is -0.153. The van der Waals surface area contributed by atoms with Crippen LogP contribution in [0.15, 0.2) is 12.1 Å². The molecule has 1 aliphatic heterocycles. The van der Waals surface area contributed by atoms with Gasteiger partial charge in [0.05, 0.1) is 46.4 Å². The zero-order valence-corrected chi connectivity index (χ0v) is 15.6. The number of benzene rings is 1. The second-order valence-corrected chi connectivity index (χ2v) is 6.97. The lowest BCUT2D eigenvalue weighted by molar-refractivity contribution is -0.897. The summed E-state index contributed by atoms with van der Waals surface area (Å²) < 4.78 is 5.05. The van der Waals surface area contributed by atoms with Gasteiger partial charge in [-0.15, -0.1) is 0 Å². The van der Waals surface area contributed by atoms with Crippen LogP contribution in [0.4, 0.5) is 5.69 Å². The second kappa shape index (κ2) is 8.90. The van der Waals surface area contributed by atoms with Gasteiger partial charge in [0.15, 0.2) is 6.54 Å². The van der Waals surface area contributed by atoms with Gasteiger partial charge >= 0.3 is 5.97 Å². The van der Waals surface area contributed by atoms with E-state index in [9.17, 15) is 9.59 Å². The number of likely N-dealkylation sites (tertiary alicyclic amines) is 1. The van der Waals surface area contributed by atoms with E-state index < -0.39 is 0 Å². The summed E-state index contributed by atoms with van der Waals surface area (Å²) in [6.45, 7) is 4.03. The van der Waals surface area contributed by atoms with Gasteiger partial charge < -0.3 is 15.0 Å². The Labute approximate surface area is 156 Å². The predicted octanol–water partition coefficient (Wildman–Crippen LogP) is 2.44. The average Bonchev–Trinajstić information content (AvgIpc) is 2.53. The molecule has 24 heavy (non-hydrogen) atoms. The molecule has 0 radical (unpaired) electrons. The Morgan fingerprint density at radius 3 is 2.42 bits per heavy atom. The van der Waals surface area contributed by atoms with Crippen molar-refractivity contribution in [3.05, 3.63) is 27.2 Å². The van der Waals surface area contributed by atoms with E-state index in [2.05, 4.69) is 5.32 Å². The zero-order valence-electron chi connectivity index (χ0n) is 13.3. The number of hydrogen-bond acceptors (Lipinski definition) is 3. The molecule has 0 saturated carbocycles. The number of esters is 1. The molecule has 8 heteroatoms. The summed E-state index contributed by atoms with van der Waals surface area (Å²) in [5.41, 5.74) is 0.442. The van der Waals surface area contributed by atoms with Crippen LogP contribution in [0.5, 0.6) is 0 Å². The fourth-order valence-electron chi connectivity index (χ4n) is 2.74. The van der Waals surface area contributed by atoms with E-state index in [-0.39, 0.29) is 17.8 Å². The Kier molecular flexibility index (Phi) is 7.16. The van der Waals surface area contributed by atoms with E-state index in [1.807, 2.05) is 0 Å². The summed E-state index contributed by atoms with van der Waals surface area (Å²) in [6.07, 6.45) is 1.46. The summed E-state index contributed by atoms with van der Waals surface area (Å²) in [5.74, 6) is -0.343. The fraction of sp³-hybridized carbons (Fsp3) is 0.500. The number of piperidine rings is 1. The molecule has 1 aromatic rings. The highest BCUT2D eigenvalue weighted by molar-refractivity contribution is 6.44. The van der Waals surface area contributed by atoms with Gasteiger partial charge in [-0.3, -0.25) is 9.59 Å². The van der Waals surface area contributed by atoms with Gasteiger partial charge in [-0.25, -0.2) is 0 Å². The molecule has 1 amide bonds. The maximum atomic E-state index is 12.2. The molecule has 1 heterocycles. The molecule has 1 aromatic carbocycles. The molecule has 0 aromatic heterocycles. The van der Waals surface area contributed by atoms with Crippen molar-refractivity contribution in [3.8, 4) is 0 Å². The van der Waals surface area contributed by atoms with Crippen LogP contribution in [-0.4, -0.2) is 38.1 Å². The van der Waals surface area contributed by atoms with Crippen molar-refractivity contribution in [1.82, 2.24) is 0 Å². The third-order valence-corrected chi connectivity index (χ3v) is 5.04. The van der Waals surface area contributed by atoms with E-state index in [1.54, 1.807) is 6.92 Å². The van der Waals surface area contributed by atoms with Gasteiger partial charge in [0, 0.05) is 12.8 Å². The molecule has 2 rings (SSSR count). The van der Waals surface area contributed by atoms with Crippen LogP contribution in [0.3, 0.4) is 0 Å². The first-order chi connectivity index (χ1) is 11.4. The molecule has 0 bridgehead atoms. The highest BCUT2D eigenvalue weighted by Gasteiger charge is 2.29.